The van der Waals surface area contributed by atoms with Crippen LogP contribution in [0.1, 0.15) is 44.3 Å². The van der Waals surface area contributed by atoms with Crippen LogP contribution < -0.4 is 5.32 Å². The van der Waals surface area contributed by atoms with Crippen molar-refractivity contribution in [1.82, 2.24) is 9.97 Å². The molecule has 1 aromatic heterocycles. The quantitative estimate of drug-likeness (QED) is 0.711. The van der Waals surface area contributed by atoms with Gasteiger partial charge < -0.3 is 0 Å². The number of halogens is 2. The van der Waals surface area contributed by atoms with Gasteiger partial charge in [0, 0.05) is 12.6 Å². The highest BCUT2D eigenvalue weighted by molar-refractivity contribution is 6.34. The first kappa shape index (κ1) is 18.3. The number of hydrogen-bond acceptors (Lipinski definition) is 4. The zero-order valence-corrected chi connectivity index (χ0v) is 15.4. The van der Waals surface area contributed by atoms with Gasteiger partial charge >= 0.3 is 0 Å². The summed E-state index contributed by atoms with van der Waals surface area (Å²) in [5.74, 6) is -0.806. The van der Waals surface area contributed by atoms with Crippen molar-refractivity contribution in [1.29, 1.82) is 0 Å². The summed E-state index contributed by atoms with van der Waals surface area (Å²) in [7, 11) is 0. The second-order valence-electron chi connectivity index (χ2n) is 6.57. The first-order chi connectivity index (χ1) is 13.5. The number of Topliss-reactive ketones (excluding diaryl/α,β-unsaturated/α-hetero) is 1. The summed E-state index contributed by atoms with van der Waals surface area (Å²) in [5.41, 5.74) is 2.20. The SMILES string of the molecule is O=C(Nc1ncc2c(n1)C[C@H](c1ccc(F)cc1)CC2=O)c1ccccc1Cl. The fourth-order valence-corrected chi connectivity index (χ4v) is 3.51. The summed E-state index contributed by atoms with van der Waals surface area (Å²) in [6, 6.07) is 12.8. The molecule has 0 unspecified atom stereocenters. The maximum atomic E-state index is 13.2. The number of nitrogens with zero attached hydrogens (tertiary/aromatic N) is 2. The van der Waals surface area contributed by atoms with Gasteiger partial charge in [-0.25, -0.2) is 14.4 Å². The maximum absolute atomic E-state index is 13.2. The van der Waals surface area contributed by atoms with Gasteiger partial charge in [0.25, 0.3) is 5.91 Å². The summed E-state index contributed by atoms with van der Waals surface area (Å²) in [6.07, 6.45) is 2.26. The Balaban J connectivity index is 1.58. The third-order valence-corrected chi connectivity index (χ3v) is 5.05. The summed E-state index contributed by atoms with van der Waals surface area (Å²) in [5, 5.41) is 2.94. The normalized spacial score (nSPS) is 15.8. The van der Waals surface area contributed by atoms with Gasteiger partial charge in [-0.15, -0.1) is 0 Å². The van der Waals surface area contributed by atoms with Crippen LogP contribution in [0.3, 0.4) is 0 Å². The molecule has 7 heteroatoms. The number of benzene rings is 2. The summed E-state index contributed by atoms with van der Waals surface area (Å²) in [6.45, 7) is 0. The average molecular weight is 396 g/mol. The maximum Gasteiger partial charge on any atom is 0.259 e. The topological polar surface area (TPSA) is 72.0 Å². The Bertz CT molecular complexity index is 1070. The van der Waals surface area contributed by atoms with Crippen LogP contribution >= 0.6 is 11.6 Å². The fraction of sp³-hybridized carbons (Fsp3) is 0.143. The molecule has 0 saturated heterocycles. The molecule has 1 heterocycles. The molecule has 3 aromatic rings. The van der Waals surface area contributed by atoms with Gasteiger partial charge in [0.15, 0.2) is 5.78 Å². The third kappa shape index (κ3) is 3.64. The Kier molecular flexibility index (Phi) is 4.88. The van der Waals surface area contributed by atoms with Crippen molar-refractivity contribution in [2.45, 2.75) is 18.8 Å². The summed E-state index contributed by atoms with van der Waals surface area (Å²) in [4.78, 5) is 33.3. The minimum Gasteiger partial charge on any atom is -0.294 e. The van der Waals surface area contributed by atoms with Crippen molar-refractivity contribution >= 4 is 29.2 Å². The van der Waals surface area contributed by atoms with Crippen molar-refractivity contribution in [3.63, 3.8) is 0 Å². The van der Waals surface area contributed by atoms with Crippen LogP contribution in [0.2, 0.25) is 5.02 Å². The van der Waals surface area contributed by atoms with Crippen molar-refractivity contribution in [2.75, 3.05) is 5.32 Å². The molecule has 28 heavy (non-hydrogen) atoms. The van der Waals surface area contributed by atoms with Crippen molar-refractivity contribution < 1.29 is 14.0 Å². The van der Waals surface area contributed by atoms with Crippen molar-refractivity contribution in [3.8, 4) is 0 Å². The van der Waals surface area contributed by atoms with E-state index >= 15 is 0 Å². The zero-order valence-electron chi connectivity index (χ0n) is 14.7. The number of aromatic nitrogens is 2. The van der Waals surface area contributed by atoms with E-state index in [2.05, 4.69) is 15.3 Å². The molecule has 0 bridgehead atoms. The lowest BCUT2D eigenvalue weighted by Gasteiger charge is -2.23. The number of carbonyl (C=O) groups is 2. The van der Waals surface area contributed by atoms with Crippen LogP contribution in [-0.2, 0) is 6.42 Å². The molecule has 1 amide bonds. The fourth-order valence-electron chi connectivity index (χ4n) is 3.29. The number of ketones is 1. The van der Waals surface area contributed by atoms with Gasteiger partial charge in [0.05, 0.1) is 21.8 Å². The van der Waals surface area contributed by atoms with Crippen LogP contribution in [0.15, 0.2) is 54.7 Å². The Morgan fingerprint density at radius 3 is 2.61 bits per heavy atom. The Labute approximate surface area is 165 Å². The Morgan fingerprint density at radius 1 is 1.11 bits per heavy atom. The number of rotatable bonds is 3. The molecule has 4 rings (SSSR count). The van der Waals surface area contributed by atoms with E-state index in [4.69, 9.17) is 11.6 Å². The highest BCUT2D eigenvalue weighted by Crippen LogP contribution is 2.32. The van der Waals surface area contributed by atoms with E-state index in [9.17, 15) is 14.0 Å². The largest absolute Gasteiger partial charge is 0.294 e. The molecular weight excluding hydrogens is 381 g/mol. The van der Waals surface area contributed by atoms with Crippen molar-refractivity contribution in [3.05, 3.63) is 88.0 Å². The van der Waals surface area contributed by atoms with Gasteiger partial charge in [-0.05, 0) is 42.2 Å². The molecule has 1 atom stereocenters. The number of hydrogen-bond donors (Lipinski definition) is 1. The predicted octanol–water partition coefficient (Wildman–Crippen LogP) is 4.43. The predicted molar refractivity (Wildman–Crippen MR) is 103 cm³/mol. The lowest BCUT2D eigenvalue weighted by atomic mass is 9.82. The molecule has 140 valence electrons. The molecule has 0 radical (unpaired) electrons. The van der Waals surface area contributed by atoms with Crippen molar-refractivity contribution in [2.24, 2.45) is 0 Å². The van der Waals surface area contributed by atoms with E-state index in [-0.39, 0.29) is 23.5 Å². The molecule has 0 aliphatic heterocycles. The lowest BCUT2D eigenvalue weighted by molar-refractivity contribution is 0.0962. The molecule has 1 N–H and O–H groups in total. The second-order valence-corrected chi connectivity index (χ2v) is 6.98. The highest BCUT2D eigenvalue weighted by atomic mass is 35.5. The average Bonchev–Trinajstić information content (AvgIpc) is 2.68. The summed E-state index contributed by atoms with van der Waals surface area (Å²) >= 11 is 6.04. The Morgan fingerprint density at radius 2 is 1.86 bits per heavy atom. The zero-order chi connectivity index (χ0) is 19.7. The van der Waals surface area contributed by atoms with Gasteiger partial charge in [-0.3, -0.25) is 14.9 Å². The van der Waals surface area contributed by atoms with E-state index in [0.717, 1.165) is 5.56 Å². The van der Waals surface area contributed by atoms with Crippen LogP contribution in [-0.4, -0.2) is 21.7 Å². The summed E-state index contributed by atoms with van der Waals surface area (Å²) < 4.78 is 13.2. The number of nitrogens with one attached hydrogen (secondary N) is 1. The van der Waals surface area contributed by atoms with Crippen LogP contribution in [0.4, 0.5) is 10.3 Å². The van der Waals surface area contributed by atoms with E-state index in [1.54, 1.807) is 36.4 Å². The van der Waals surface area contributed by atoms with E-state index in [1.807, 2.05) is 0 Å². The molecule has 1 aliphatic carbocycles. The van der Waals surface area contributed by atoms with E-state index < -0.39 is 5.91 Å². The smallest absolute Gasteiger partial charge is 0.259 e. The van der Waals surface area contributed by atoms with Gasteiger partial charge in [-0.1, -0.05) is 35.9 Å². The molecule has 0 spiro atoms. The van der Waals surface area contributed by atoms with Crippen LogP contribution in [0, 0.1) is 5.82 Å². The lowest BCUT2D eigenvalue weighted by Crippen LogP contribution is -2.22. The number of fused-ring (bicyclic) bond motifs is 1. The van der Waals surface area contributed by atoms with Gasteiger partial charge in [0.2, 0.25) is 5.95 Å². The highest BCUT2D eigenvalue weighted by Gasteiger charge is 2.28. The van der Waals surface area contributed by atoms with E-state index in [0.29, 0.717) is 34.7 Å². The molecule has 1 aliphatic rings. The molecule has 0 fully saturated rings. The van der Waals surface area contributed by atoms with Crippen LogP contribution in [0.5, 0.6) is 0 Å². The first-order valence-corrected chi connectivity index (χ1v) is 9.09. The monoisotopic (exact) mass is 395 g/mol. The number of carbonyl (C=O) groups excluding carboxylic acids is 2. The Hall–Kier alpha value is -3.12. The molecular formula is C21H15ClFN3O2. The number of anilines is 1. The molecule has 2 aromatic carbocycles. The van der Waals surface area contributed by atoms with Gasteiger partial charge in [-0.2, -0.15) is 0 Å². The van der Waals surface area contributed by atoms with E-state index in [1.165, 1.54) is 18.3 Å². The third-order valence-electron chi connectivity index (χ3n) is 4.72. The number of amides is 1. The standard InChI is InChI=1S/C21H15ClFN3O2/c22-17-4-2-1-3-15(17)20(28)26-21-24-11-16-18(25-21)9-13(10-19(16)27)12-5-7-14(23)8-6-12/h1-8,11,13H,9-10H2,(H,24,25,26,28)/t13-/m0/s1. The molecule has 5 nitrogen and oxygen atoms in total. The van der Waals surface area contributed by atoms with Gasteiger partial charge in [0.1, 0.15) is 5.82 Å². The minimum absolute atomic E-state index is 0.0699. The van der Waals surface area contributed by atoms with Crippen LogP contribution in [0.25, 0.3) is 0 Å². The minimum atomic E-state index is -0.428. The second kappa shape index (κ2) is 7.48. The molecule has 0 saturated carbocycles. The first-order valence-electron chi connectivity index (χ1n) is 8.71.